The fraction of sp³-hybridized carbons (Fsp3) is 0.0909. The van der Waals surface area contributed by atoms with Crippen LogP contribution in [-0.2, 0) is 0 Å². The van der Waals surface area contributed by atoms with Crippen molar-refractivity contribution < 1.29 is 19.1 Å². The van der Waals surface area contributed by atoms with Crippen molar-refractivity contribution in [2.24, 2.45) is 0 Å². The van der Waals surface area contributed by atoms with Gasteiger partial charge in [-0.1, -0.05) is 23.2 Å². The van der Waals surface area contributed by atoms with Crippen LogP contribution in [0.15, 0.2) is 60.7 Å². The summed E-state index contributed by atoms with van der Waals surface area (Å²) in [6, 6.07) is 16.3. The van der Waals surface area contributed by atoms with Crippen molar-refractivity contribution in [2.45, 2.75) is 0 Å². The average molecular weight is 445 g/mol. The van der Waals surface area contributed by atoms with Crippen molar-refractivity contribution in [1.82, 2.24) is 0 Å². The Labute approximate surface area is 183 Å². The summed E-state index contributed by atoms with van der Waals surface area (Å²) in [5, 5.41) is 6.27. The lowest BCUT2D eigenvalue weighted by Crippen LogP contribution is -2.14. The number of amides is 2. The largest absolute Gasteiger partial charge is 0.497 e. The van der Waals surface area contributed by atoms with Crippen LogP contribution < -0.4 is 20.1 Å². The number of methoxy groups -OCH3 is 2. The Morgan fingerprint density at radius 1 is 0.733 bits per heavy atom. The highest BCUT2D eigenvalue weighted by atomic mass is 35.5. The van der Waals surface area contributed by atoms with E-state index in [4.69, 9.17) is 32.7 Å². The molecule has 2 N–H and O–H groups in total. The maximum atomic E-state index is 12.5. The Morgan fingerprint density at radius 3 is 1.90 bits per heavy atom. The van der Waals surface area contributed by atoms with Gasteiger partial charge in [-0.25, -0.2) is 0 Å². The molecule has 0 atom stereocenters. The van der Waals surface area contributed by atoms with E-state index in [1.165, 1.54) is 20.3 Å². The van der Waals surface area contributed by atoms with Gasteiger partial charge < -0.3 is 20.1 Å². The average Bonchev–Trinajstić information content (AvgIpc) is 2.75. The molecule has 30 heavy (non-hydrogen) atoms. The molecule has 0 saturated heterocycles. The third-order valence-corrected chi connectivity index (χ3v) is 4.79. The zero-order chi connectivity index (χ0) is 21.7. The molecule has 0 aliphatic rings. The van der Waals surface area contributed by atoms with E-state index in [0.717, 1.165) is 0 Å². The minimum absolute atomic E-state index is 0.293. The molecule has 2 amide bonds. The third-order valence-electron chi connectivity index (χ3n) is 4.22. The van der Waals surface area contributed by atoms with Crippen molar-refractivity contribution in [2.75, 3.05) is 24.9 Å². The molecular weight excluding hydrogens is 427 g/mol. The highest BCUT2D eigenvalue weighted by molar-refractivity contribution is 6.34. The minimum atomic E-state index is -0.376. The summed E-state index contributed by atoms with van der Waals surface area (Å²) < 4.78 is 10.3. The van der Waals surface area contributed by atoms with Gasteiger partial charge >= 0.3 is 0 Å². The second kappa shape index (κ2) is 9.52. The Morgan fingerprint density at radius 2 is 1.33 bits per heavy atom. The van der Waals surface area contributed by atoms with Gasteiger partial charge in [-0.3, -0.25) is 9.59 Å². The lowest BCUT2D eigenvalue weighted by molar-refractivity contribution is 0.101. The summed E-state index contributed by atoms with van der Waals surface area (Å²) in [7, 11) is 2.99. The molecule has 0 aliphatic heterocycles. The van der Waals surface area contributed by atoms with Crippen LogP contribution in [0.4, 0.5) is 11.4 Å². The van der Waals surface area contributed by atoms with Gasteiger partial charge in [0.15, 0.2) is 0 Å². The molecule has 6 nitrogen and oxygen atoms in total. The predicted molar refractivity (Wildman–Crippen MR) is 118 cm³/mol. The Kier molecular flexibility index (Phi) is 6.82. The first-order valence-electron chi connectivity index (χ1n) is 8.81. The molecule has 0 aliphatic carbocycles. The van der Waals surface area contributed by atoms with Crippen LogP contribution in [0.1, 0.15) is 20.7 Å². The topological polar surface area (TPSA) is 76.7 Å². The second-order valence-corrected chi connectivity index (χ2v) is 7.02. The number of benzene rings is 3. The Bertz CT molecular complexity index is 1080. The van der Waals surface area contributed by atoms with Crippen molar-refractivity contribution in [3.63, 3.8) is 0 Å². The van der Waals surface area contributed by atoms with Gasteiger partial charge in [-0.2, -0.15) is 0 Å². The number of hydrogen-bond donors (Lipinski definition) is 2. The van der Waals surface area contributed by atoms with Crippen LogP contribution in [0.25, 0.3) is 0 Å². The van der Waals surface area contributed by atoms with Crippen LogP contribution in [0, 0.1) is 0 Å². The van der Waals surface area contributed by atoms with Gasteiger partial charge in [0.1, 0.15) is 11.5 Å². The number of halogens is 2. The van der Waals surface area contributed by atoms with Crippen molar-refractivity contribution in [3.05, 3.63) is 81.8 Å². The second-order valence-electron chi connectivity index (χ2n) is 6.18. The molecule has 0 bridgehead atoms. The number of rotatable bonds is 6. The van der Waals surface area contributed by atoms with E-state index < -0.39 is 0 Å². The Balaban J connectivity index is 1.70. The first-order chi connectivity index (χ1) is 14.4. The maximum absolute atomic E-state index is 12.5. The molecule has 0 aromatic heterocycles. The summed E-state index contributed by atoms with van der Waals surface area (Å²) in [6.07, 6.45) is 0. The molecule has 8 heteroatoms. The monoisotopic (exact) mass is 444 g/mol. The highest BCUT2D eigenvalue weighted by Gasteiger charge is 2.14. The van der Waals surface area contributed by atoms with E-state index in [1.54, 1.807) is 54.6 Å². The van der Waals surface area contributed by atoms with Crippen molar-refractivity contribution in [3.8, 4) is 11.5 Å². The van der Waals surface area contributed by atoms with Gasteiger partial charge in [0.2, 0.25) is 0 Å². The molecule has 3 rings (SSSR count). The summed E-state index contributed by atoms with van der Waals surface area (Å²) in [4.78, 5) is 25.1. The first-order valence-corrected chi connectivity index (χ1v) is 9.56. The summed E-state index contributed by atoms with van der Waals surface area (Å²) >= 11 is 12.1. The zero-order valence-electron chi connectivity index (χ0n) is 16.2. The Hall–Kier alpha value is -3.22. The van der Waals surface area contributed by atoms with Crippen molar-refractivity contribution >= 4 is 46.4 Å². The number of carbonyl (C=O) groups excluding carboxylic acids is 2. The summed E-state index contributed by atoms with van der Waals surface area (Å²) in [5.41, 5.74) is 1.69. The van der Waals surface area contributed by atoms with Crippen LogP contribution in [-0.4, -0.2) is 26.0 Å². The summed E-state index contributed by atoms with van der Waals surface area (Å²) in [6.45, 7) is 0. The van der Waals surface area contributed by atoms with E-state index in [9.17, 15) is 9.59 Å². The van der Waals surface area contributed by atoms with Gasteiger partial charge in [-0.15, -0.1) is 0 Å². The van der Waals surface area contributed by atoms with Gasteiger partial charge in [-0.05, 0) is 60.7 Å². The molecule has 0 saturated carbocycles. The van der Waals surface area contributed by atoms with Gasteiger partial charge in [0, 0.05) is 16.4 Å². The predicted octanol–water partition coefficient (Wildman–Crippen LogP) is 5.52. The van der Waals surface area contributed by atoms with E-state index in [2.05, 4.69) is 10.6 Å². The van der Waals surface area contributed by atoms with Crippen molar-refractivity contribution in [1.29, 1.82) is 0 Å². The minimum Gasteiger partial charge on any atom is -0.497 e. The number of carbonyl (C=O) groups is 2. The lowest BCUT2D eigenvalue weighted by atomic mass is 10.1. The van der Waals surface area contributed by atoms with Crippen LogP contribution >= 0.6 is 23.2 Å². The molecule has 0 heterocycles. The molecular formula is C22H18Cl2N2O4. The third kappa shape index (κ3) is 5.03. The molecule has 3 aromatic carbocycles. The number of anilines is 2. The normalized spacial score (nSPS) is 10.3. The molecule has 3 aromatic rings. The van der Waals surface area contributed by atoms with Gasteiger partial charge in [0.25, 0.3) is 11.8 Å². The van der Waals surface area contributed by atoms with E-state index in [0.29, 0.717) is 44.0 Å². The number of hydrogen-bond acceptors (Lipinski definition) is 4. The van der Waals surface area contributed by atoms with Crippen LogP contribution in [0.2, 0.25) is 10.0 Å². The molecule has 0 radical (unpaired) electrons. The maximum Gasteiger partial charge on any atom is 0.259 e. The molecule has 0 spiro atoms. The fourth-order valence-electron chi connectivity index (χ4n) is 2.70. The summed E-state index contributed by atoms with van der Waals surface area (Å²) in [5.74, 6) is 0.198. The molecule has 154 valence electrons. The van der Waals surface area contributed by atoms with Crippen LogP contribution in [0.5, 0.6) is 11.5 Å². The molecule has 0 unspecified atom stereocenters. The highest BCUT2D eigenvalue weighted by Crippen LogP contribution is 2.25. The van der Waals surface area contributed by atoms with E-state index >= 15 is 0 Å². The van der Waals surface area contributed by atoms with Crippen LogP contribution in [0.3, 0.4) is 0 Å². The number of ether oxygens (including phenoxy) is 2. The first kappa shape index (κ1) is 21.5. The molecule has 0 fully saturated rings. The standard InChI is InChI=1S/C22H18Cl2N2O4/c1-29-16-8-9-19(24)17(12-16)21(27)25-14-4-6-15(7-5-14)26-22(28)18-11-13(23)3-10-20(18)30-2/h3-12H,1-2H3,(H,25,27)(H,26,28). The number of nitrogens with one attached hydrogen (secondary N) is 2. The van der Waals surface area contributed by atoms with E-state index in [-0.39, 0.29) is 11.8 Å². The lowest BCUT2D eigenvalue weighted by Gasteiger charge is -2.11. The van der Waals surface area contributed by atoms with E-state index in [1.807, 2.05) is 0 Å². The smallest absolute Gasteiger partial charge is 0.259 e. The zero-order valence-corrected chi connectivity index (χ0v) is 17.7. The fourth-order valence-corrected chi connectivity index (χ4v) is 3.07. The SMILES string of the molecule is COc1ccc(Cl)c(C(=O)Nc2ccc(NC(=O)c3cc(Cl)ccc3OC)cc2)c1. The van der Waals surface area contributed by atoms with Gasteiger partial charge in [0.05, 0.1) is 30.4 Å². The quantitative estimate of drug-likeness (QED) is 0.524.